The van der Waals surface area contributed by atoms with Crippen LogP contribution in [0.1, 0.15) is 10.6 Å². The van der Waals surface area contributed by atoms with Gasteiger partial charge in [0, 0.05) is 16.8 Å². The van der Waals surface area contributed by atoms with E-state index in [4.69, 9.17) is 10.00 Å². The van der Waals surface area contributed by atoms with Crippen LogP contribution in [0.25, 0.3) is 10.4 Å². The number of fused-ring (bicyclic) bond motifs is 1. The lowest BCUT2D eigenvalue weighted by Gasteiger charge is -2.30. The van der Waals surface area contributed by atoms with E-state index in [1.165, 1.54) is 21.8 Å². The van der Waals surface area contributed by atoms with Crippen molar-refractivity contribution in [2.24, 2.45) is 0 Å². The van der Waals surface area contributed by atoms with Gasteiger partial charge in [-0.15, -0.1) is 11.3 Å². The van der Waals surface area contributed by atoms with Crippen molar-refractivity contribution in [2.45, 2.75) is 11.8 Å². The quantitative estimate of drug-likeness (QED) is 0.675. The monoisotopic (exact) mass is 397 g/mol. The summed E-state index contributed by atoms with van der Waals surface area (Å²) >= 11 is 1.36. The van der Waals surface area contributed by atoms with Gasteiger partial charge in [0.25, 0.3) is 10.0 Å². The number of sulfonamides is 1. The van der Waals surface area contributed by atoms with Crippen LogP contribution in [0.4, 0.5) is 5.69 Å². The Labute approximate surface area is 161 Å². The third-order valence-electron chi connectivity index (χ3n) is 4.25. The van der Waals surface area contributed by atoms with Crippen molar-refractivity contribution in [1.82, 2.24) is 4.98 Å². The minimum Gasteiger partial charge on any atom is -0.489 e. The smallest absolute Gasteiger partial charge is 0.266 e. The van der Waals surface area contributed by atoms with Crippen molar-refractivity contribution < 1.29 is 13.2 Å². The van der Waals surface area contributed by atoms with Crippen LogP contribution in [0, 0.1) is 18.3 Å². The fraction of sp³-hybridized carbons (Fsp3) is 0.158. The Bertz CT molecular complexity index is 1150. The van der Waals surface area contributed by atoms with Gasteiger partial charge in [0.2, 0.25) is 0 Å². The highest BCUT2D eigenvalue weighted by Gasteiger charge is 2.30. The first-order chi connectivity index (χ1) is 13.0. The molecule has 0 spiro atoms. The molecule has 4 rings (SSSR count). The van der Waals surface area contributed by atoms with E-state index in [0.717, 1.165) is 16.1 Å². The summed E-state index contributed by atoms with van der Waals surface area (Å²) in [5, 5.41) is 9.03. The van der Waals surface area contributed by atoms with Crippen molar-refractivity contribution in [2.75, 3.05) is 17.5 Å². The first kappa shape index (κ1) is 17.5. The molecular formula is C19H15N3O3S2. The molecule has 0 fully saturated rings. The number of rotatable bonds is 3. The lowest BCUT2D eigenvalue weighted by Crippen LogP contribution is -2.38. The van der Waals surface area contributed by atoms with Crippen LogP contribution in [0.2, 0.25) is 0 Å². The molecule has 0 unspecified atom stereocenters. The van der Waals surface area contributed by atoms with Crippen LogP contribution in [0.15, 0.2) is 53.6 Å². The minimum atomic E-state index is -3.75. The number of ether oxygens (including phenoxy) is 1. The molecule has 1 aromatic carbocycles. The lowest BCUT2D eigenvalue weighted by atomic mass is 10.1. The molecule has 0 atom stereocenters. The molecule has 0 amide bonds. The largest absolute Gasteiger partial charge is 0.489 e. The van der Waals surface area contributed by atoms with Crippen molar-refractivity contribution in [1.29, 1.82) is 5.26 Å². The van der Waals surface area contributed by atoms with Crippen LogP contribution in [-0.2, 0) is 10.0 Å². The maximum Gasteiger partial charge on any atom is 0.266 e. The number of pyridine rings is 1. The van der Waals surface area contributed by atoms with Gasteiger partial charge in [0.1, 0.15) is 28.2 Å². The number of thiophene rings is 1. The molecule has 27 heavy (non-hydrogen) atoms. The number of hydrogen-bond acceptors (Lipinski definition) is 6. The second-order valence-electron chi connectivity index (χ2n) is 6.02. The zero-order valence-corrected chi connectivity index (χ0v) is 16.0. The molecule has 3 heterocycles. The summed E-state index contributed by atoms with van der Waals surface area (Å²) in [6.45, 7) is 2.31. The summed E-state index contributed by atoms with van der Waals surface area (Å²) in [5.41, 5.74) is 2.09. The standard InChI is InChI=1S/C19H15N3O3S2/c1-13-2-5-16(12-21-13)27(23,24)22-8-9-25-18-6-3-14(10-17(18)22)19-7-4-15(11-20)26-19/h2-7,10,12H,8-9H2,1H3. The molecule has 0 radical (unpaired) electrons. The maximum atomic E-state index is 13.1. The number of benzene rings is 1. The van der Waals surface area contributed by atoms with E-state index in [1.807, 2.05) is 19.1 Å². The predicted octanol–water partition coefficient (Wildman–Crippen LogP) is 3.58. The first-order valence-corrected chi connectivity index (χ1v) is 10.5. The molecule has 1 aliphatic heterocycles. The molecule has 136 valence electrons. The average Bonchev–Trinajstić information content (AvgIpc) is 3.16. The van der Waals surface area contributed by atoms with Gasteiger partial charge < -0.3 is 4.74 Å². The summed E-state index contributed by atoms with van der Waals surface area (Å²) in [4.78, 5) is 5.76. The summed E-state index contributed by atoms with van der Waals surface area (Å²) < 4.78 is 33.3. The molecule has 0 aliphatic carbocycles. The molecule has 0 bridgehead atoms. The highest BCUT2D eigenvalue weighted by molar-refractivity contribution is 7.92. The molecule has 3 aromatic rings. The van der Waals surface area contributed by atoms with Crippen LogP contribution < -0.4 is 9.04 Å². The number of nitrogens with zero attached hydrogens (tertiary/aromatic N) is 3. The Morgan fingerprint density at radius 3 is 2.78 bits per heavy atom. The summed E-state index contributed by atoms with van der Waals surface area (Å²) in [5.74, 6) is 0.519. The number of nitriles is 1. The van der Waals surface area contributed by atoms with E-state index in [9.17, 15) is 8.42 Å². The molecule has 0 saturated heterocycles. The van der Waals surface area contributed by atoms with E-state index in [2.05, 4.69) is 11.1 Å². The van der Waals surface area contributed by atoms with Gasteiger partial charge in [-0.25, -0.2) is 8.42 Å². The Morgan fingerprint density at radius 1 is 1.22 bits per heavy atom. The maximum absolute atomic E-state index is 13.1. The zero-order valence-electron chi connectivity index (χ0n) is 14.4. The van der Waals surface area contributed by atoms with Gasteiger partial charge in [-0.3, -0.25) is 9.29 Å². The number of aryl methyl sites for hydroxylation is 1. The van der Waals surface area contributed by atoms with E-state index in [-0.39, 0.29) is 18.0 Å². The Morgan fingerprint density at radius 2 is 2.07 bits per heavy atom. The van der Waals surface area contributed by atoms with E-state index >= 15 is 0 Å². The highest BCUT2D eigenvalue weighted by atomic mass is 32.2. The van der Waals surface area contributed by atoms with Crippen molar-refractivity contribution >= 4 is 27.0 Å². The van der Waals surface area contributed by atoms with Crippen LogP contribution in [0.3, 0.4) is 0 Å². The third kappa shape index (κ3) is 3.16. The highest BCUT2D eigenvalue weighted by Crippen LogP contribution is 2.39. The van der Waals surface area contributed by atoms with Gasteiger partial charge in [0.05, 0.1) is 12.2 Å². The topological polar surface area (TPSA) is 83.3 Å². The molecule has 1 aliphatic rings. The summed E-state index contributed by atoms with van der Waals surface area (Å²) in [7, 11) is -3.75. The second-order valence-corrected chi connectivity index (χ2v) is 8.97. The molecule has 0 N–H and O–H groups in total. The molecule has 0 saturated carbocycles. The number of aromatic nitrogens is 1. The van der Waals surface area contributed by atoms with Crippen LogP contribution >= 0.6 is 11.3 Å². The number of hydrogen-bond donors (Lipinski definition) is 0. The minimum absolute atomic E-state index is 0.147. The normalized spacial score (nSPS) is 13.6. The molecule has 6 nitrogen and oxygen atoms in total. The summed E-state index contributed by atoms with van der Waals surface area (Å²) in [6, 6.07) is 14.4. The van der Waals surface area contributed by atoms with Crippen LogP contribution in [-0.4, -0.2) is 26.6 Å². The Kier molecular flexibility index (Phi) is 4.34. The second kappa shape index (κ2) is 6.68. The molecular weight excluding hydrogens is 382 g/mol. The Hall–Kier alpha value is -2.89. The summed E-state index contributed by atoms with van der Waals surface area (Å²) in [6.07, 6.45) is 1.38. The first-order valence-electron chi connectivity index (χ1n) is 8.21. The fourth-order valence-corrected chi connectivity index (χ4v) is 5.08. The van der Waals surface area contributed by atoms with Gasteiger partial charge in [-0.05, 0) is 55.0 Å². The fourth-order valence-electron chi connectivity index (χ4n) is 2.88. The average molecular weight is 397 g/mol. The lowest BCUT2D eigenvalue weighted by molar-refractivity contribution is 0.316. The predicted molar refractivity (Wildman–Crippen MR) is 103 cm³/mol. The Balaban J connectivity index is 1.79. The van der Waals surface area contributed by atoms with Crippen molar-refractivity contribution in [3.8, 4) is 22.3 Å². The van der Waals surface area contributed by atoms with Crippen molar-refractivity contribution in [3.05, 3.63) is 59.2 Å². The SMILES string of the molecule is Cc1ccc(S(=O)(=O)N2CCOc3ccc(-c4ccc(C#N)s4)cc32)cn1. The van der Waals surface area contributed by atoms with E-state index in [1.54, 1.807) is 30.3 Å². The van der Waals surface area contributed by atoms with Crippen LogP contribution in [0.5, 0.6) is 5.75 Å². The van der Waals surface area contributed by atoms with Gasteiger partial charge in [-0.1, -0.05) is 0 Å². The van der Waals surface area contributed by atoms with E-state index in [0.29, 0.717) is 16.3 Å². The van der Waals surface area contributed by atoms with Gasteiger partial charge in [-0.2, -0.15) is 5.26 Å². The number of anilines is 1. The van der Waals surface area contributed by atoms with Gasteiger partial charge >= 0.3 is 0 Å². The molecule has 8 heteroatoms. The van der Waals surface area contributed by atoms with E-state index < -0.39 is 10.0 Å². The van der Waals surface area contributed by atoms with Crippen molar-refractivity contribution in [3.63, 3.8) is 0 Å². The zero-order chi connectivity index (χ0) is 19.0. The molecule has 2 aromatic heterocycles. The van der Waals surface area contributed by atoms with Gasteiger partial charge in [0.15, 0.2) is 0 Å². The third-order valence-corrected chi connectivity index (χ3v) is 7.09.